The van der Waals surface area contributed by atoms with Crippen molar-refractivity contribution in [2.75, 3.05) is 19.7 Å². The van der Waals surface area contributed by atoms with Crippen LogP contribution in [0.5, 0.6) is 0 Å². The molecule has 0 unspecified atom stereocenters. The van der Waals surface area contributed by atoms with E-state index in [9.17, 15) is 4.79 Å². The zero-order valence-corrected chi connectivity index (χ0v) is 20.7. The second kappa shape index (κ2) is 9.28. The van der Waals surface area contributed by atoms with Crippen molar-refractivity contribution in [1.82, 2.24) is 14.7 Å². The Hall–Kier alpha value is -1.93. The Bertz CT molecular complexity index is 909. The van der Waals surface area contributed by atoms with Crippen molar-refractivity contribution < 1.29 is 18.7 Å². The van der Waals surface area contributed by atoms with E-state index in [1.165, 1.54) is 0 Å². The van der Waals surface area contributed by atoms with Gasteiger partial charge >= 0.3 is 6.09 Å². The molecule has 1 fully saturated rings. The molecular formula is C23H36FN3O3Si. The largest absolute Gasteiger partial charge is 0.444 e. The number of likely N-dealkylation sites (tertiary alicyclic amines) is 1. The van der Waals surface area contributed by atoms with Crippen LogP contribution in [0.3, 0.4) is 0 Å². The fourth-order valence-electron chi connectivity index (χ4n) is 3.79. The molecule has 3 rings (SSSR count). The standard InChI is InChI=1S/C23H36FN3O3Si/c1-23(2,3)30-22(28)26-11-9-17(10-12-26)19-8-7-18-15-25-27(21(18)20(19)24)16-29-13-14-31(4,5)6/h7-8,15,17H,9-14,16H2,1-6H3. The molecule has 0 spiro atoms. The summed E-state index contributed by atoms with van der Waals surface area (Å²) in [7, 11) is -1.17. The Morgan fingerprint density at radius 2 is 1.90 bits per heavy atom. The lowest BCUT2D eigenvalue weighted by Gasteiger charge is -2.33. The summed E-state index contributed by atoms with van der Waals surface area (Å²) in [5.41, 5.74) is 0.681. The molecule has 0 radical (unpaired) electrons. The number of halogens is 1. The molecule has 1 saturated heterocycles. The number of ether oxygens (including phenoxy) is 2. The first-order chi connectivity index (χ1) is 14.4. The first kappa shape index (κ1) is 23.7. The number of nitrogens with zero attached hydrogens (tertiary/aromatic N) is 3. The summed E-state index contributed by atoms with van der Waals surface area (Å²) in [5.74, 6) is -0.154. The number of piperidine rings is 1. The van der Waals surface area contributed by atoms with Crippen molar-refractivity contribution in [3.63, 3.8) is 0 Å². The molecule has 1 aliphatic rings. The third-order valence-electron chi connectivity index (χ3n) is 5.57. The fourth-order valence-corrected chi connectivity index (χ4v) is 4.55. The molecule has 6 nitrogen and oxygen atoms in total. The molecule has 1 aromatic heterocycles. The Morgan fingerprint density at radius 1 is 1.23 bits per heavy atom. The highest BCUT2D eigenvalue weighted by atomic mass is 28.3. The molecule has 172 valence electrons. The van der Waals surface area contributed by atoms with Crippen molar-refractivity contribution in [3.8, 4) is 0 Å². The summed E-state index contributed by atoms with van der Waals surface area (Å²) in [6.07, 6.45) is 2.82. The van der Waals surface area contributed by atoms with Gasteiger partial charge < -0.3 is 14.4 Å². The number of rotatable bonds is 6. The zero-order chi connectivity index (χ0) is 22.8. The lowest BCUT2D eigenvalue weighted by Crippen LogP contribution is -2.41. The van der Waals surface area contributed by atoms with E-state index in [2.05, 4.69) is 24.7 Å². The number of benzene rings is 1. The number of aromatic nitrogens is 2. The maximum Gasteiger partial charge on any atom is 0.410 e. The van der Waals surface area contributed by atoms with Crippen LogP contribution in [0.25, 0.3) is 10.9 Å². The van der Waals surface area contributed by atoms with Gasteiger partial charge in [0.05, 0.1) is 6.20 Å². The van der Waals surface area contributed by atoms with Crippen LogP contribution >= 0.6 is 0 Å². The van der Waals surface area contributed by atoms with Gasteiger partial charge in [-0.25, -0.2) is 13.9 Å². The quantitative estimate of drug-likeness (QED) is 0.425. The van der Waals surface area contributed by atoms with E-state index in [1.54, 1.807) is 15.8 Å². The number of carbonyl (C=O) groups is 1. The first-order valence-corrected chi connectivity index (χ1v) is 14.8. The molecular weight excluding hydrogens is 413 g/mol. The van der Waals surface area contributed by atoms with Crippen LogP contribution in [0.15, 0.2) is 18.3 Å². The highest BCUT2D eigenvalue weighted by Gasteiger charge is 2.29. The smallest absolute Gasteiger partial charge is 0.410 e. The second-order valence-electron chi connectivity index (χ2n) is 10.6. The van der Waals surface area contributed by atoms with E-state index >= 15 is 4.39 Å². The highest BCUT2D eigenvalue weighted by molar-refractivity contribution is 6.76. The Balaban J connectivity index is 1.67. The minimum absolute atomic E-state index is 0.0687. The van der Waals surface area contributed by atoms with E-state index in [-0.39, 0.29) is 24.6 Å². The van der Waals surface area contributed by atoms with Crippen LogP contribution in [-0.2, 0) is 16.2 Å². The molecule has 2 heterocycles. The maximum absolute atomic E-state index is 15.5. The van der Waals surface area contributed by atoms with Crippen molar-refractivity contribution in [3.05, 3.63) is 29.7 Å². The van der Waals surface area contributed by atoms with Crippen molar-refractivity contribution in [2.45, 2.75) is 77.5 Å². The summed E-state index contributed by atoms with van der Waals surface area (Å²) < 4.78 is 28.4. The first-order valence-electron chi connectivity index (χ1n) is 11.1. The van der Waals surface area contributed by atoms with Crippen LogP contribution in [0.2, 0.25) is 25.7 Å². The normalized spacial score (nSPS) is 16.2. The second-order valence-corrected chi connectivity index (χ2v) is 16.3. The van der Waals surface area contributed by atoms with E-state index in [1.807, 2.05) is 32.9 Å². The van der Waals surface area contributed by atoms with E-state index in [0.29, 0.717) is 43.6 Å². The SMILES string of the molecule is CC(C)(C)OC(=O)N1CCC(c2ccc3cnn(COCC[Si](C)(C)C)c3c2F)CC1. The van der Waals surface area contributed by atoms with Crippen LogP contribution in [0, 0.1) is 5.82 Å². The summed E-state index contributed by atoms with van der Waals surface area (Å²) in [4.78, 5) is 14.0. The van der Waals surface area contributed by atoms with Gasteiger partial charge in [0.1, 0.15) is 17.8 Å². The van der Waals surface area contributed by atoms with Crippen LogP contribution in [0.1, 0.15) is 45.1 Å². The minimum Gasteiger partial charge on any atom is -0.444 e. The van der Waals surface area contributed by atoms with Gasteiger partial charge in [0.15, 0.2) is 5.82 Å². The average Bonchev–Trinajstić information content (AvgIpc) is 3.08. The molecule has 1 aromatic carbocycles. The fraction of sp³-hybridized carbons (Fsp3) is 0.652. The monoisotopic (exact) mass is 449 g/mol. The molecule has 0 saturated carbocycles. The van der Waals surface area contributed by atoms with Crippen molar-refractivity contribution in [2.24, 2.45) is 0 Å². The molecule has 1 amide bonds. The molecule has 1 aliphatic heterocycles. The molecule has 0 aliphatic carbocycles. The summed E-state index contributed by atoms with van der Waals surface area (Å²) in [6, 6.07) is 4.86. The predicted octanol–water partition coefficient (Wildman–Crippen LogP) is 5.60. The Morgan fingerprint density at radius 3 is 2.52 bits per heavy atom. The molecule has 2 aromatic rings. The van der Waals surface area contributed by atoms with Gasteiger partial charge in [0, 0.05) is 33.2 Å². The lowest BCUT2D eigenvalue weighted by atomic mass is 9.88. The van der Waals surface area contributed by atoms with E-state index in [0.717, 1.165) is 11.4 Å². The number of hydrogen-bond donors (Lipinski definition) is 0. The van der Waals surface area contributed by atoms with Gasteiger partial charge in [0.25, 0.3) is 0 Å². The van der Waals surface area contributed by atoms with Crippen LogP contribution in [-0.4, -0.2) is 54.1 Å². The van der Waals surface area contributed by atoms with Crippen molar-refractivity contribution in [1.29, 1.82) is 0 Å². The van der Waals surface area contributed by atoms with Gasteiger partial charge in [-0.3, -0.25) is 0 Å². The summed E-state index contributed by atoms with van der Waals surface area (Å²) in [5, 5.41) is 5.12. The molecule has 0 N–H and O–H groups in total. The number of hydrogen-bond acceptors (Lipinski definition) is 4. The van der Waals surface area contributed by atoms with Crippen LogP contribution < -0.4 is 0 Å². The topological polar surface area (TPSA) is 56.6 Å². The lowest BCUT2D eigenvalue weighted by molar-refractivity contribution is 0.0204. The van der Waals surface area contributed by atoms with Crippen molar-refractivity contribution >= 4 is 25.1 Å². The summed E-state index contributed by atoms with van der Waals surface area (Å²) in [6.45, 7) is 14.6. The van der Waals surface area contributed by atoms with Gasteiger partial charge in [-0.1, -0.05) is 31.8 Å². The maximum atomic E-state index is 15.5. The zero-order valence-electron chi connectivity index (χ0n) is 19.7. The van der Waals surface area contributed by atoms with E-state index in [4.69, 9.17) is 9.47 Å². The van der Waals surface area contributed by atoms with Gasteiger partial charge in [-0.05, 0) is 51.1 Å². The molecule has 31 heavy (non-hydrogen) atoms. The molecule has 0 atom stereocenters. The van der Waals surface area contributed by atoms with E-state index < -0.39 is 13.7 Å². The number of carbonyl (C=O) groups excluding carboxylic acids is 1. The Labute approximate surface area is 185 Å². The van der Waals surface area contributed by atoms with Crippen LogP contribution in [0.4, 0.5) is 9.18 Å². The number of fused-ring (bicyclic) bond motifs is 1. The average molecular weight is 450 g/mol. The Kier molecular flexibility index (Phi) is 7.10. The molecule has 0 bridgehead atoms. The predicted molar refractivity (Wildman–Crippen MR) is 124 cm³/mol. The van der Waals surface area contributed by atoms with Gasteiger partial charge in [-0.2, -0.15) is 5.10 Å². The summed E-state index contributed by atoms with van der Waals surface area (Å²) >= 11 is 0. The third kappa shape index (κ3) is 6.29. The third-order valence-corrected chi connectivity index (χ3v) is 7.27. The number of amides is 1. The van der Waals surface area contributed by atoms with Gasteiger partial charge in [-0.15, -0.1) is 0 Å². The van der Waals surface area contributed by atoms with Gasteiger partial charge in [0.2, 0.25) is 0 Å². The highest BCUT2D eigenvalue weighted by Crippen LogP contribution is 2.33. The minimum atomic E-state index is -1.17. The molecule has 8 heteroatoms.